The molecule has 0 spiro atoms. The SMILES string of the molecule is CCc1ccc(Oc2cc(NC)nc(C)n2)cc1. The number of hydrogen-bond donors (Lipinski definition) is 1. The van der Waals surface area contributed by atoms with Gasteiger partial charge in [0.25, 0.3) is 0 Å². The van der Waals surface area contributed by atoms with E-state index in [1.165, 1.54) is 5.56 Å². The van der Waals surface area contributed by atoms with E-state index >= 15 is 0 Å². The van der Waals surface area contributed by atoms with E-state index < -0.39 is 0 Å². The fourth-order valence-corrected chi connectivity index (χ4v) is 1.63. The second-order valence-electron chi connectivity index (χ2n) is 3.99. The largest absolute Gasteiger partial charge is 0.439 e. The first-order valence-corrected chi connectivity index (χ1v) is 6.01. The summed E-state index contributed by atoms with van der Waals surface area (Å²) in [6.45, 7) is 3.97. The van der Waals surface area contributed by atoms with E-state index in [2.05, 4.69) is 34.3 Å². The fourth-order valence-electron chi connectivity index (χ4n) is 1.63. The Morgan fingerprint density at radius 1 is 1.17 bits per heavy atom. The van der Waals surface area contributed by atoms with E-state index in [-0.39, 0.29) is 0 Å². The summed E-state index contributed by atoms with van der Waals surface area (Å²) in [6.07, 6.45) is 1.02. The molecule has 1 N–H and O–H groups in total. The zero-order chi connectivity index (χ0) is 13.0. The maximum absolute atomic E-state index is 5.71. The third-order valence-corrected chi connectivity index (χ3v) is 2.62. The average Bonchev–Trinajstić information content (AvgIpc) is 2.39. The van der Waals surface area contributed by atoms with Gasteiger partial charge in [0, 0.05) is 13.1 Å². The molecule has 0 aliphatic heterocycles. The summed E-state index contributed by atoms with van der Waals surface area (Å²) in [5, 5.41) is 2.98. The first kappa shape index (κ1) is 12.4. The number of nitrogens with one attached hydrogen (secondary N) is 1. The van der Waals surface area contributed by atoms with E-state index in [4.69, 9.17) is 4.74 Å². The molecular formula is C14H17N3O. The molecule has 0 atom stereocenters. The van der Waals surface area contributed by atoms with Gasteiger partial charge in [-0.05, 0) is 31.0 Å². The highest BCUT2D eigenvalue weighted by molar-refractivity contribution is 5.39. The van der Waals surface area contributed by atoms with Crippen LogP contribution >= 0.6 is 0 Å². The number of hydrogen-bond acceptors (Lipinski definition) is 4. The van der Waals surface area contributed by atoms with Crippen molar-refractivity contribution in [1.29, 1.82) is 0 Å². The molecule has 0 radical (unpaired) electrons. The van der Waals surface area contributed by atoms with Gasteiger partial charge in [-0.2, -0.15) is 4.98 Å². The van der Waals surface area contributed by atoms with Crippen LogP contribution < -0.4 is 10.1 Å². The van der Waals surface area contributed by atoms with Crippen LogP contribution in [0.1, 0.15) is 18.3 Å². The summed E-state index contributed by atoms with van der Waals surface area (Å²) < 4.78 is 5.71. The molecule has 1 aromatic carbocycles. The standard InChI is InChI=1S/C14H17N3O/c1-4-11-5-7-12(8-6-11)18-14-9-13(15-3)16-10(2)17-14/h5-9H,4H2,1-3H3,(H,15,16,17). The fraction of sp³-hybridized carbons (Fsp3) is 0.286. The van der Waals surface area contributed by atoms with Gasteiger partial charge in [0.1, 0.15) is 17.4 Å². The molecule has 1 aromatic heterocycles. The van der Waals surface area contributed by atoms with Crippen molar-refractivity contribution in [2.24, 2.45) is 0 Å². The Bertz CT molecular complexity index is 523. The molecule has 0 saturated carbocycles. The van der Waals surface area contributed by atoms with Crippen molar-refractivity contribution in [3.8, 4) is 11.6 Å². The van der Waals surface area contributed by atoms with Crippen molar-refractivity contribution in [1.82, 2.24) is 9.97 Å². The first-order chi connectivity index (χ1) is 8.71. The molecule has 2 aromatic rings. The zero-order valence-corrected chi connectivity index (χ0v) is 10.9. The predicted molar refractivity (Wildman–Crippen MR) is 72.2 cm³/mol. The average molecular weight is 243 g/mol. The molecule has 0 aliphatic carbocycles. The number of anilines is 1. The van der Waals surface area contributed by atoms with Crippen molar-refractivity contribution in [2.75, 3.05) is 12.4 Å². The molecule has 0 fully saturated rings. The van der Waals surface area contributed by atoms with Gasteiger partial charge in [-0.15, -0.1) is 0 Å². The molecule has 2 rings (SSSR count). The Hall–Kier alpha value is -2.10. The van der Waals surface area contributed by atoms with Gasteiger partial charge in [0.05, 0.1) is 0 Å². The Labute approximate surface area is 107 Å². The molecule has 0 bridgehead atoms. The van der Waals surface area contributed by atoms with Crippen LogP contribution in [0.25, 0.3) is 0 Å². The molecule has 1 heterocycles. The third-order valence-electron chi connectivity index (χ3n) is 2.62. The zero-order valence-electron chi connectivity index (χ0n) is 10.9. The van der Waals surface area contributed by atoms with Crippen LogP contribution in [0.2, 0.25) is 0 Å². The molecule has 94 valence electrons. The highest BCUT2D eigenvalue weighted by atomic mass is 16.5. The maximum atomic E-state index is 5.71. The van der Waals surface area contributed by atoms with Crippen molar-refractivity contribution >= 4 is 5.82 Å². The van der Waals surface area contributed by atoms with Crippen LogP contribution in [0.15, 0.2) is 30.3 Å². The highest BCUT2D eigenvalue weighted by Crippen LogP contribution is 2.21. The predicted octanol–water partition coefficient (Wildman–Crippen LogP) is 3.18. The second-order valence-corrected chi connectivity index (χ2v) is 3.99. The Balaban J connectivity index is 2.19. The van der Waals surface area contributed by atoms with Gasteiger partial charge in [-0.3, -0.25) is 0 Å². The van der Waals surface area contributed by atoms with E-state index in [1.807, 2.05) is 26.1 Å². The minimum absolute atomic E-state index is 0.552. The van der Waals surface area contributed by atoms with Gasteiger partial charge in [-0.1, -0.05) is 19.1 Å². The van der Waals surface area contributed by atoms with Crippen LogP contribution in [0.5, 0.6) is 11.6 Å². The van der Waals surface area contributed by atoms with Crippen molar-refractivity contribution < 1.29 is 4.74 Å². The minimum atomic E-state index is 0.552. The summed E-state index contributed by atoms with van der Waals surface area (Å²) in [7, 11) is 1.82. The summed E-state index contributed by atoms with van der Waals surface area (Å²) in [5.41, 5.74) is 1.29. The van der Waals surface area contributed by atoms with E-state index in [9.17, 15) is 0 Å². The van der Waals surface area contributed by atoms with Gasteiger partial charge in [-0.25, -0.2) is 4.98 Å². The Morgan fingerprint density at radius 3 is 2.50 bits per heavy atom. The summed E-state index contributed by atoms with van der Waals surface area (Å²) in [6, 6.07) is 9.80. The number of aromatic nitrogens is 2. The number of aryl methyl sites for hydroxylation is 2. The van der Waals surface area contributed by atoms with Crippen LogP contribution in [-0.4, -0.2) is 17.0 Å². The molecule has 0 aliphatic rings. The smallest absolute Gasteiger partial charge is 0.224 e. The lowest BCUT2D eigenvalue weighted by molar-refractivity contribution is 0.460. The summed E-state index contributed by atoms with van der Waals surface area (Å²) >= 11 is 0. The van der Waals surface area contributed by atoms with Gasteiger partial charge < -0.3 is 10.1 Å². The van der Waals surface area contributed by atoms with Gasteiger partial charge in [0.2, 0.25) is 5.88 Å². The number of nitrogens with zero attached hydrogens (tertiary/aromatic N) is 2. The van der Waals surface area contributed by atoms with Crippen LogP contribution in [0.4, 0.5) is 5.82 Å². The molecule has 0 saturated heterocycles. The number of benzene rings is 1. The molecular weight excluding hydrogens is 226 g/mol. The monoisotopic (exact) mass is 243 g/mol. The third kappa shape index (κ3) is 2.97. The lowest BCUT2D eigenvalue weighted by Gasteiger charge is -2.07. The number of rotatable bonds is 4. The number of ether oxygens (including phenoxy) is 1. The summed E-state index contributed by atoms with van der Waals surface area (Å²) in [4.78, 5) is 8.47. The first-order valence-electron chi connectivity index (χ1n) is 6.01. The molecule has 4 heteroatoms. The van der Waals surface area contributed by atoms with Gasteiger partial charge in [0.15, 0.2) is 0 Å². The van der Waals surface area contributed by atoms with Gasteiger partial charge >= 0.3 is 0 Å². The molecule has 0 amide bonds. The quantitative estimate of drug-likeness (QED) is 0.895. The van der Waals surface area contributed by atoms with Crippen molar-refractivity contribution in [2.45, 2.75) is 20.3 Å². The maximum Gasteiger partial charge on any atom is 0.224 e. The van der Waals surface area contributed by atoms with E-state index in [0.717, 1.165) is 18.0 Å². The Morgan fingerprint density at radius 2 is 1.89 bits per heavy atom. The molecule has 0 unspecified atom stereocenters. The summed E-state index contributed by atoms with van der Waals surface area (Å²) in [5.74, 6) is 2.77. The van der Waals surface area contributed by atoms with Crippen molar-refractivity contribution in [3.63, 3.8) is 0 Å². The minimum Gasteiger partial charge on any atom is -0.439 e. The van der Waals surface area contributed by atoms with Crippen LogP contribution in [0.3, 0.4) is 0 Å². The van der Waals surface area contributed by atoms with Crippen LogP contribution in [0, 0.1) is 6.92 Å². The van der Waals surface area contributed by atoms with Crippen LogP contribution in [-0.2, 0) is 6.42 Å². The normalized spacial score (nSPS) is 10.2. The molecule has 18 heavy (non-hydrogen) atoms. The van der Waals surface area contributed by atoms with Crippen molar-refractivity contribution in [3.05, 3.63) is 41.7 Å². The lowest BCUT2D eigenvalue weighted by atomic mass is 10.2. The molecule has 4 nitrogen and oxygen atoms in total. The van der Waals surface area contributed by atoms with E-state index in [0.29, 0.717) is 11.7 Å². The lowest BCUT2D eigenvalue weighted by Crippen LogP contribution is -1.98. The van der Waals surface area contributed by atoms with E-state index in [1.54, 1.807) is 6.07 Å². The topological polar surface area (TPSA) is 47.0 Å². The second kappa shape index (κ2) is 5.49. The Kier molecular flexibility index (Phi) is 3.77. The highest BCUT2D eigenvalue weighted by Gasteiger charge is 2.03.